The molecular weight excluding hydrogens is 554 g/mol. The average molecular weight is 567 g/mol. The number of aromatic nitrogens is 2. The molecule has 2 heterocycles. The maximum Gasteiger partial charge on any atom is 0.573 e. The van der Waals surface area contributed by atoms with Crippen molar-refractivity contribution in [2.75, 3.05) is 0 Å². The third kappa shape index (κ3) is 5.92. The van der Waals surface area contributed by atoms with Crippen molar-refractivity contribution < 1.29 is 40.9 Å². The van der Waals surface area contributed by atoms with Crippen LogP contribution in [0.15, 0.2) is 58.1 Å². The molecule has 4 aromatic rings. The fraction of sp³-hybridized carbons (Fsp3) is 0.182. The van der Waals surface area contributed by atoms with Gasteiger partial charge in [-0.25, -0.2) is 4.79 Å². The molecule has 2 aromatic heterocycles. The molecule has 0 spiro atoms. The highest BCUT2D eigenvalue weighted by molar-refractivity contribution is 7.23. The lowest BCUT2D eigenvalue weighted by Crippen LogP contribution is -2.39. The molecule has 1 atom stereocenters. The number of ether oxygens (including phenoxy) is 2. The van der Waals surface area contributed by atoms with Gasteiger partial charge in [0, 0.05) is 0 Å². The van der Waals surface area contributed by atoms with Crippen molar-refractivity contribution in [1.29, 1.82) is 0 Å². The lowest BCUT2D eigenvalue weighted by Gasteiger charge is -2.16. The summed E-state index contributed by atoms with van der Waals surface area (Å²) in [6, 6.07) is 10.7. The summed E-state index contributed by atoms with van der Waals surface area (Å²) < 4.78 is 85.2. The standard InChI is InChI=1S/C22H13ClF6N2O5S/c23-15-16-18(19(33)30-20(34)31(16)9-14(32)21(24,25)26)37-17(15)10-1-3-11(4-2-10)35-12-5-7-13(8-6-12)36-22(27,28)29/h1-8,14,32H,9H2,(H,30,33,34). The van der Waals surface area contributed by atoms with Gasteiger partial charge < -0.3 is 14.6 Å². The van der Waals surface area contributed by atoms with Gasteiger partial charge in [0.1, 0.15) is 21.9 Å². The van der Waals surface area contributed by atoms with Gasteiger partial charge in [-0.1, -0.05) is 11.6 Å². The molecule has 0 aliphatic heterocycles. The summed E-state index contributed by atoms with van der Waals surface area (Å²) in [4.78, 5) is 26.7. The summed E-state index contributed by atoms with van der Waals surface area (Å²) in [5, 5.41) is 9.28. The number of thiophene rings is 1. The van der Waals surface area contributed by atoms with Crippen LogP contribution in [0.1, 0.15) is 0 Å². The molecule has 7 nitrogen and oxygen atoms in total. The number of alkyl halides is 6. The molecule has 0 amide bonds. The first kappa shape index (κ1) is 26.6. The minimum Gasteiger partial charge on any atom is -0.457 e. The number of nitrogens with zero attached hydrogens (tertiary/aromatic N) is 1. The molecule has 1 unspecified atom stereocenters. The van der Waals surface area contributed by atoms with Crippen molar-refractivity contribution in [3.05, 3.63) is 74.4 Å². The Morgan fingerprint density at radius 3 is 2.03 bits per heavy atom. The van der Waals surface area contributed by atoms with Gasteiger partial charge in [0.15, 0.2) is 6.10 Å². The van der Waals surface area contributed by atoms with Crippen molar-refractivity contribution in [1.82, 2.24) is 9.55 Å². The molecule has 4 rings (SSSR count). The van der Waals surface area contributed by atoms with Gasteiger partial charge in [0.25, 0.3) is 5.56 Å². The van der Waals surface area contributed by atoms with Crippen LogP contribution in [0.2, 0.25) is 5.02 Å². The molecule has 0 fully saturated rings. The Morgan fingerprint density at radius 2 is 1.49 bits per heavy atom. The zero-order chi connectivity index (χ0) is 27.1. The van der Waals surface area contributed by atoms with Crippen LogP contribution in [-0.2, 0) is 6.54 Å². The van der Waals surface area contributed by atoms with E-state index < -0.39 is 42.2 Å². The maximum absolute atomic E-state index is 12.9. The topological polar surface area (TPSA) is 93.6 Å². The number of hydrogen-bond acceptors (Lipinski definition) is 6. The highest BCUT2D eigenvalue weighted by Crippen LogP contribution is 2.41. The van der Waals surface area contributed by atoms with Crippen molar-refractivity contribution in [2.24, 2.45) is 0 Å². The molecule has 15 heteroatoms. The molecular formula is C22H13ClF6N2O5S. The summed E-state index contributed by atoms with van der Waals surface area (Å²) in [5.74, 6) is 0.0697. The number of nitrogens with one attached hydrogen (secondary N) is 1. The van der Waals surface area contributed by atoms with Gasteiger partial charge in [0.2, 0.25) is 0 Å². The third-order valence-electron chi connectivity index (χ3n) is 4.91. The zero-order valence-electron chi connectivity index (χ0n) is 18.0. The SMILES string of the molecule is O=c1[nH]c(=O)n(CC(O)C(F)(F)F)c2c(Cl)c(-c3ccc(Oc4ccc(OC(F)(F)F)cc4)cc3)sc12. The quantitative estimate of drug-likeness (QED) is 0.293. The smallest absolute Gasteiger partial charge is 0.457 e. The van der Waals surface area contributed by atoms with E-state index in [9.17, 15) is 41.0 Å². The van der Waals surface area contributed by atoms with Crippen molar-refractivity contribution in [3.63, 3.8) is 0 Å². The first-order valence-electron chi connectivity index (χ1n) is 10.1. The summed E-state index contributed by atoms with van der Waals surface area (Å²) in [7, 11) is 0. The monoisotopic (exact) mass is 566 g/mol. The van der Waals surface area contributed by atoms with Crippen LogP contribution in [-0.4, -0.2) is 33.3 Å². The van der Waals surface area contributed by atoms with Crippen LogP contribution in [0.25, 0.3) is 20.7 Å². The van der Waals surface area contributed by atoms with Crippen molar-refractivity contribution in [2.45, 2.75) is 25.2 Å². The minimum atomic E-state index is -5.01. The number of hydrogen-bond donors (Lipinski definition) is 2. The first-order chi connectivity index (χ1) is 17.2. The Labute approximate surface area is 211 Å². The molecule has 0 radical (unpaired) electrons. The lowest BCUT2D eigenvalue weighted by molar-refractivity contribution is -0.274. The van der Waals surface area contributed by atoms with E-state index in [4.69, 9.17) is 16.3 Å². The van der Waals surface area contributed by atoms with Crippen molar-refractivity contribution in [3.8, 4) is 27.7 Å². The number of rotatable bonds is 6. The second kappa shape index (κ2) is 9.76. The predicted octanol–water partition coefficient (Wildman–Crippen LogP) is 5.69. The molecule has 0 aliphatic rings. The zero-order valence-corrected chi connectivity index (χ0v) is 19.6. The Bertz CT molecular complexity index is 1540. The van der Waals surface area contributed by atoms with Crippen LogP contribution in [0.3, 0.4) is 0 Å². The average Bonchev–Trinajstić information content (AvgIpc) is 3.14. The Kier molecular flexibility index (Phi) is 7.01. The highest BCUT2D eigenvalue weighted by atomic mass is 35.5. The predicted molar refractivity (Wildman–Crippen MR) is 122 cm³/mol. The molecule has 37 heavy (non-hydrogen) atoms. The maximum atomic E-state index is 12.9. The van der Waals surface area contributed by atoms with E-state index in [1.165, 1.54) is 36.4 Å². The van der Waals surface area contributed by atoms with Gasteiger partial charge in [-0.3, -0.25) is 14.3 Å². The fourth-order valence-electron chi connectivity index (χ4n) is 3.28. The Balaban J connectivity index is 1.62. The summed E-state index contributed by atoms with van der Waals surface area (Å²) in [6.45, 7) is -1.18. The first-order valence-corrected chi connectivity index (χ1v) is 11.3. The van der Waals surface area contributed by atoms with Gasteiger partial charge in [-0.2, -0.15) is 13.2 Å². The van der Waals surface area contributed by atoms with Gasteiger partial charge in [-0.05, 0) is 54.1 Å². The number of halogens is 7. The van der Waals surface area contributed by atoms with Crippen molar-refractivity contribution >= 4 is 33.2 Å². The largest absolute Gasteiger partial charge is 0.573 e. The summed E-state index contributed by atoms with van der Waals surface area (Å²) in [5.41, 5.74) is -1.83. The Hall–Kier alpha value is -3.49. The summed E-state index contributed by atoms with van der Waals surface area (Å²) in [6.07, 6.45) is -12.7. The van der Waals surface area contributed by atoms with Gasteiger partial charge in [-0.15, -0.1) is 24.5 Å². The van der Waals surface area contributed by atoms with Gasteiger partial charge in [0.05, 0.1) is 22.0 Å². The Morgan fingerprint density at radius 1 is 0.946 bits per heavy atom. The van der Waals surface area contributed by atoms with E-state index in [1.54, 1.807) is 0 Å². The van der Waals surface area contributed by atoms with E-state index >= 15 is 0 Å². The number of aliphatic hydroxyl groups is 1. The third-order valence-corrected chi connectivity index (χ3v) is 6.62. The van der Waals surface area contributed by atoms with Crippen LogP contribution in [0.4, 0.5) is 26.3 Å². The molecule has 0 saturated heterocycles. The highest BCUT2D eigenvalue weighted by Gasteiger charge is 2.39. The van der Waals surface area contributed by atoms with Crippen LogP contribution < -0.4 is 20.7 Å². The van der Waals surface area contributed by atoms with Crippen LogP contribution >= 0.6 is 22.9 Å². The number of aromatic amines is 1. The second-order valence-corrected chi connectivity index (χ2v) is 8.89. The normalized spacial score (nSPS) is 13.1. The fourth-order valence-corrected chi connectivity index (χ4v) is 4.85. The lowest BCUT2D eigenvalue weighted by atomic mass is 10.2. The minimum absolute atomic E-state index is 0.115. The van der Waals surface area contributed by atoms with E-state index in [0.717, 1.165) is 23.5 Å². The molecule has 196 valence electrons. The van der Waals surface area contributed by atoms with E-state index in [0.29, 0.717) is 10.1 Å². The molecule has 0 aliphatic carbocycles. The number of fused-ring (bicyclic) bond motifs is 1. The second-order valence-electron chi connectivity index (χ2n) is 7.50. The van der Waals surface area contributed by atoms with E-state index in [2.05, 4.69) is 4.74 Å². The molecule has 0 bridgehead atoms. The van der Waals surface area contributed by atoms with Gasteiger partial charge >= 0.3 is 18.2 Å². The van der Waals surface area contributed by atoms with Crippen LogP contribution in [0.5, 0.6) is 17.2 Å². The van der Waals surface area contributed by atoms with Crippen LogP contribution in [0, 0.1) is 0 Å². The van der Waals surface area contributed by atoms with E-state index in [-0.39, 0.29) is 31.6 Å². The number of benzene rings is 2. The molecule has 0 saturated carbocycles. The molecule has 2 N–H and O–H groups in total. The van der Waals surface area contributed by atoms with E-state index in [1.807, 2.05) is 4.98 Å². The number of aliphatic hydroxyl groups excluding tert-OH is 1. The number of H-pyrrole nitrogens is 1. The summed E-state index contributed by atoms with van der Waals surface area (Å²) >= 11 is 7.21. The molecule has 2 aromatic carbocycles.